The smallest absolute Gasteiger partial charge is 0.127 e. The predicted molar refractivity (Wildman–Crippen MR) is 57.9 cm³/mol. The summed E-state index contributed by atoms with van der Waals surface area (Å²) in [7, 11) is 0. The summed E-state index contributed by atoms with van der Waals surface area (Å²) in [5, 5.41) is 0. The number of aldehydes is 1. The number of allylic oxidation sites excluding steroid dienone is 2. The standard InChI is InChI=1S/C13H20O/c1-10-5-4-8-12(2,3)13(10,9-14)11-6-7-11/h4-5,9-11H,6-8H2,1-3H3. The van der Waals surface area contributed by atoms with Crippen molar-refractivity contribution in [1.82, 2.24) is 0 Å². The molecular weight excluding hydrogens is 172 g/mol. The van der Waals surface area contributed by atoms with Crippen LogP contribution in [0.5, 0.6) is 0 Å². The summed E-state index contributed by atoms with van der Waals surface area (Å²) in [4.78, 5) is 11.6. The van der Waals surface area contributed by atoms with Gasteiger partial charge in [0.1, 0.15) is 6.29 Å². The largest absolute Gasteiger partial charge is 0.303 e. The van der Waals surface area contributed by atoms with Crippen LogP contribution >= 0.6 is 0 Å². The average Bonchev–Trinajstić information content (AvgIpc) is 2.88. The fourth-order valence-electron chi connectivity index (χ4n) is 3.37. The quantitative estimate of drug-likeness (QED) is 0.485. The molecule has 0 aromatic rings. The highest BCUT2D eigenvalue weighted by Crippen LogP contribution is 2.61. The van der Waals surface area contributed by atoms with E-state index in [1.165, 1.54) is 19.1 Å². The first kappa shape index (κ1) is 9.95. The average molecular weight is 192 g/mol. The monoisotopic (exact) mass is 192 g/mol. The van der Waals surface area contributed by atoms with Crippen LogP contribution in [0.1, 0.15) is 40.0 Å². The van der Waals surface area contributed by atoms with Crippen molar-refractivity contribution in [3.05, 3.63) is 12.2 Å². The van der Waals surface area contributed by atoms with Gasteiger partial charge in [-0.25, -0.2) is 0 Å². The highest BCUT2D eigenvalue weighted by Gasteiger charge is 2.57. The molecule has 0 aromatic carbocycles. The minimum Gasteiger partial charge on any atom is -0.303 e. The lowest BCUT2D eigenvalue weighted by Gasteiger charge is -2.49. The van der Waals surface area contributed by atoms with Crippen molar-refractivity contribution >= 4 is 6.29 Å². The Labute approximate surface area is 86.6 Å². The Morgan fingerprint density at radius 1 is 1.36 bits per heavy atom. The summed E-state index contributed by atoms with van der Waals surface area (Å²) >= 11 is 0. The maximum atomic E-state index is 11.6. The van der Waals surface area contributed by atoms with Crippen LogP contribution in [0.15, 0.2) is 12.2 Å². The lowest BCUT2D eigenvalue weighted by atomic mass is 9.54. The molecule has 0 aromatic heterocycles. The molecule has 1 heteroatoms. The molecule has 2 aliphatic carbocycles. The normalized spacial score (nSPS) is 40.9. The summed E-state index contributed by atoms with van der Waals surface area (Å²) < 4.78 is 0. The number of carbonyl (C=O) groups is 1. The first-order chi connectivity index (χ1) is 6.54. The summed E-state index contributed by atoms with van der Waals surface area (Å²) in [6.45, 7) is 6.70. The van der Waals surface area contributed by atoms with Crippen molar-refractivity contribution in [3.63, 3.8) is 0 Å². The van der Waals surface area contributed by atoms with Crippen LogP contribution in [0.4, 0.5) is 0 Å². The van der Waals surface area contributed by atoms with Gasteiger partial charge < -0.3 is 4.79 Å². The topological polar surface area (TPSA) is 17.1 Å². The van der Waals surface area contributed by atoms with E-state index < -0.39 is 0 Å². The van der Waals surface area contributed by atoms with Gasteiger partial charge in [-0.05, 0) is 36.5 Å². The summed E-state index contributed by atoms with van der Waals surface area (Å²) in [5.41, 5.74) is 0.0613. The van der Waals surface area contributed by atoms with Crippen LogP contribution in [0.3, 0.4) is 0 Å². The third kappa shape index (κ3) is 1.11. The van der Waals surface area contributed by atoms with E-state index in [-0.39, 0.29) is 10.8 Å². The molecule has 2 atom stereocenters. The fraction of sp³-hybridized carbons (Fsp3) is 0.769. The zero-order chi connectivity index (χ0) is 10.4. The number of hydrogen-bond donors (Lipinski definition) is 0. The maximum Gasteiger partial charge on any atom is 0.127 e. The van der Waals surface area contributed by atoms with Crippen LogP contribution in [-0.2, 0) is 4.79 Å². The first-order valence-electron chi connectivity index (χ1n) is 5.67. The van der Waals surface area contributed by atoms with Gasteiger partial charge in [0.25, 0.3) is 0 Å². The van der Waals surface area contributed by atoms with E-state index in [0.717, 1.165) is 6.42 Å². The van der Waals surface area contributed by atoms with E-state index in [4.69, 9.17) is 0 Å². The molecule has 0 N–H and O–H groups in total. The van der Waals surface area contributed by atoms with Gasteiger partial charge in [-0.1, -0.05) is 32.9 Å². The maximum absolute atomic E-state index is 11.6. The minimum absolute atomic E-state index is 0.0816. The first-order valence-corrected chi connectivity index (χ1v) is 5.67. The third-order valence-corrected chi connectivity index (χ3v) is 4.43. The lowest BCUT2D eigenvalue weighted by molar-refractivity contribution is -0.129. The van der Waals surface area contributed by atoms with Crippen LogP contribution < -0.4 is 0 Å². The predicted octanol–water partition coefficient (Wildman–Crippen LogP) is 3.20. The van der Waals surface area contributed by atoms with E-state index in [1.807, 2.05) is 0 Å². The van der Waals surface area contributed by atoms with Crippen molar-refractivity contribution in [2.75, 3.05) is 0 Å². The molecule has 2 aliphatic rings. The van der Waals surface area contributed by atoms with Gasteiger partial charge in [-0.15, -0.1) is 0 Å². The molecule has 78 valence electrons. The second-order valence-electron chi connectivity index (χ2n) is 5.63. The van der Waals surface area contributed by atoms with Crippen molar-refractivity contribution in [2.45, 2.75) is 40.0 Å². The SMILES string of the molecule is CC1C=CCC(C)(C)C1(C=O)C1CC1. The lowest BCUT2D eigenvalue weighted by Crippen LogP contribution is -2.47. The second-order valence-corrected chi connectivity index (χ2v) is 5.63. The molecular formula is C13H20O. The molecule has 1 nitrogen and oxygen atoms in total. The molecule has 0 bridgehead atoms. The molecule has 2 rings (SSSR count). The third-order valence-electron chi connectivity index (χ3n) is 4.43. The van der Waals surface area contributed by atoms with Gasteiger partial charge in [0.15, 0.2) is 0 Å². The van der Waals surface area contributed by atoms with Crippen LogP contribution in [-0.4, -0.2) is 6.29 Å². The molecule has 0 heterocycles. The fourth-order valence-corrected chi connectivity index (χ4v) is 3.37. The van der Waals surface area contributed by atoms with E-state index >= 15 is 0 Å². The molecule has 0 radical (unpaired) electrons. The number of rotatable bonds is 2. The Morgan fingerprint density at radius 3 is 2.43 bits per heavy atom. The Bertz CT molecular complexity index is 273. The van der Waals surface area contributed by atoms with Crippen molar-refractivity contribution in [1.29, 1.82) is 0 Å². The van der Waals surface area contributed by atoms with Crippen LogP contribution in [0.25, 0.3) is 0 Å². The molecule has 0 amide bonds. The Kier molecular flexibility index (Phi) is 2.09. The number of carbonyl (C=O) groups excluding carboxylic acids is 1. The highest BCUT2D eigenvalue weighted by molar-refractivity contribution is 5.64. The molecule has 0 spiro atoms. The van der Waals surface area contributed by atoms with E-state index in [2.05, 4.69) is 32.9 Å². The van der Waals surface area contributed by atoms with Gasteiger partial charge in [-0.3, -0.25) is 0 Å². The zero-order valence-electron chi connectivity index (χ0n) is 9.42. The van der Waals surface area contributed by atoms with Crippen molar-refractivity contribution in [3.8, 4) is 0 Å². The highest BCUT2D eigenvalue weighted by atomic mass is 16.1. The van der Waals surface area contributed by atoms with Crippen molar-refractivity contribution in [2.24, 2.45) is 22.7 Å². The number of hydrogen-bond acceptors (Lipinski definition) is 1. The van der Waals surface area contributed by atoms with Crippen LogP contribution in [0, 0.1) is 22.7 Å². The van der Waals surface area contributed by atoms with E-state index in [9.17, 15) is 4.79 Å². The molecule has 2 unspecified atom stereocenters. The summed E-state index contributed by atoms with van der Waals surface area (Å²) in [5.74, 6) is 1.06. The Balaban J connectivity index is 2.44. The van der Waals surface area contributed by atoms with Gasteiger partial charge in [0, 0.05) is 5.41 Å². The second kappa shape index (κ2) is 2.95. The molecule has 1 fully saturated rings. The molecule has 14 heavy (non-hydrogen) atoms. The van der Waals surface area contributed by atoms with Gasteiger partial charge in [0.2, 0.25) is 0 Å². The van der Waals surface area contributed by atoms with Gasteiger partial charge >= 0.3 is 0 Å². The van der Waals surface area contributed by atoms with E-state index in [0.29, 0.717) is 11.8 Å². The Hall–Kier alpha value is -0.590. The zero-order valence-corrected chi connectivity index (χ0v) is 9.42. The van der Waals surface area contributed by atoms with Crippen LogP contribution in [0.2, 0.25) is 0 Å². The Morgan fingerprint density at radius 2 is 2.00 bits per heavy atom. The minimum atomic E-state index is -0.0816. The molecule has 0 saturated heterocycles. The molecule has 0 aliphatic heterocycles. The summed E-state index contributed by atoms with van der Waals surface area (Å²) in [6, 6.07) is 0. The van der Waals surface area contributed by atoms with Gasteiger partial charge in [-0.2, -0.15) is 0 Å². The summed E-state index contributed by atoms with van der Waals surface area (Å²) in [6.07, 6.45) is 9.29. The van der Waals surface area contributed by atoms with Crippen molar-refractivity contribution < 1.29 is 4.79 Å². The van der Waals surface area contributed by atoms with Gasteiger partial charge in [0.05, 0.1) is 0 Å². The molecule has 1 saturated carbocycles. The van der Waals surface area contributed by atoms with E-state index in [1.54, 1.807) is 0 Å².